The Morgan fingerprint density at radius 3 is 2.86 bits per heavy atom. The predicted molar refractivity (Wildman–Crippen MR) is 24.6 cm³/mol. The van der Waals surface area contributed by atoms with Crippen molar-refractivity contribution in [3.63, 3.8) is 0 Å². The van der Waals surface area contributed by atoms with Gasteiger partial charge in [-0.25, -0.2) is 0 Å². The second-order valence-corrected chi connectivity index (χ2v) is 1.22. The number of aliphatic hydroxyl groups is 1. The van der Waals surface area contributed by atoms with Crippen LogP contribution >= 0.6 is 0 Å². The van der Waals surface area contributed by atoms with Gasteiger partial charge >= 0.3 is 0 Å². The van der Waals surface area contributed by atoms with Crippen LogP contribution < -0.4 is 16.4 Å². The summed E-state index contributed by atoms with van der Waals surface area (Å²) >= 11 is 0. The first-order chi connectivity index (χ1) is 3.43. The average molecular weight is 101 g/mol. The maximum absolute atomic E-state index is 8.36. The summed E-state index contributed by atoms with van der Waals surface area (Å²) in [6.07, 6.45) is 1.65. The van der Waals surface area contributed by atoms with Crippen molar-refractivity contribution in [2.45, 2.75) is 0 Å². The number of hydrazine groups is 2. The molecule has 4 N–H and O–H groups in total. The van der Waals surface area contributed by atoms with Gasteiger partial charge in [-0.15, -0.1) is 0 Å². The summed E-state index contributed by atoms with van der Waals surface area (Å²) in [6.45, 7) is 0.0417. The Bertz CT molecular complexity index is 90.2. The zero-order chi connectivity index (χ0) is 5.11. The lowest BCUT2D eigenvalue weighted by Crippen LogP contribution is -2.32. The van der Waals surface area contributed by atoms with E-state index in [1.807, 2.05) is 0 Å². The second-order valence-electron chi connectivity index (χ2n) is 1.22. The van der Waals surface area contributed by atoms with E-state index in [1.54, 1.807) is 6.20 Å². The van der Waals surface area contributed by atoms with Gasteiger partial charge < -0.3 is 16.0 Å². The molecular formula is C3H7N3O. The highest BCUT2D eigenvalue weighted by Crippen LogP contribution is 1.82. The molecule has 1 aliphatic heterocycles. The van der Waals surface area contributed by atoms with E-state index in [9.17, 15) is 0 Å². The molecule has 0 saturated heterocycles. The first-order valence-corrected chi connectivity index (χ1v) is 2.00. The van der Waals surface area contributed by atoms with Crippen molar-refractivity contribution in [3.05, 3.63) is 11.9 Å². The third-order valence-corrected chi connectivity index (χ3v) is 0.712. The van der Waals surface area contributed by atoms with E-state index >= 15 is 0 Å². The van der Waals surface area contributed by atoms with Crippen LogP contribution in [-0.2, 0) is 0 Å². The van der Waals surface area contributed by atoms with Crippen molar-refractivity contribution in [2.24, 2.45) is 0 Å². The zero-order valence-electron chi connectivity index (χ0n) is 3.73. The largest absolute Gasteiger partial charge is 0.390 e. The highest BCUT2D eigenvalue weighted by atomic mass is 16.3. The molecule has 4 nitrogen and oxygen atoms in total. The molecule has 0 atom stereocenters. The summed E-state index contributed by atoms with van der Waals surface area (Å²) in [7, 11) is 0. The van der Waals surface area contributed by atoms with Crippen molar-refractivity contribution >= 4 is 0 Å². The molecule has 1 aliphatic rings. The maximum Gasteiger partial charge on any atom is 0.0857 e. The summed E-state index contributed by atoms with van der Waals surface area (Å²) < 4.78 is 0. The Morgan fingerprint density at radius 2 is 2.57 bits per heavy atom. The summed E-state index contributed by atoms with van der Waals surface area (Å²) in [6, 6.07) is 0. The maximum atomic E-state index is 8.36. The van der Waals surface area contributed by atoms with Gasteiger partial charge in [0.1, 0.15) is 0 Å². The van der Waals surface area contributed by atoms with Gasteiger partial charge in [0.05, 0.1) is 12.3 Å². The fourth-order valence-corrected chi connectivity index (χ4v) is 0.361. The van der Waals surface area contributed by atoms with Gasteiger partial charge in [0.2, 0.25) is 0 Å². The Balaban J connectivity index is 2.36. The van der Waals surface area contributed by atoms with Crippen LogP contribution in [0.3, 0.4) is 0 Å². The lowest BCUT2D eigenvalue weighted by molar-refractivity contribution is 0.320. The van der Waals surface area contributed by atoms with E-state index in [1.165, 1.54) is 0 Å². The molecule has 0 aromatic carbocycles. The summed E-state index contributed by atoms with van der Waals surface area (Å²) in [5.41, 5.74) is 8.62. The number of nitrogens with one attached hydrogen (secondary N) is 3. The Morgan fingerprint density at radius 1 is 1.71 bits per heavy atom. The Hall–Kier alpha value is -0.740. The average Bonchev–Trinajstić information content (AvgIpc) is 2.14. The normalized spacial score (nSPS) is 17.6. The van der Waals surface area contributed by atoms with E-state index in [0.29, 0.717) is 0 Å². The molecule has 0 saturated carbocycles. The molecule has 0 radical (unpaired) electrons. The topological polar surface area (TPSA) is 56.3 Å². The predicted octanol–water partition coefficient (Wildman–Crippen LogP) is -1.57. The van der Waals surface area contributed by atoms with E-state index in [0.717, 1.165) is 5.70 Å². The highest BCUT2D eigenvalue weighted by molar-refractivity contribution is 4.99. The number of hydrogen-bond acceptors (Lipinski definition) is 4. The van der Waals surface area contributed by atoms with Gasteiger partial charge in [-0.05, 0) is 0 Å². The first-order valence-electron chi connectivity index (χ1n) is 2.00. The van der Waals surface area contributed by atoms with Gasteiger partial charge in [-0.1, -0.05) is 0 Å². The van der Waals surface area contributed by atoms with E-state index in [-0.39, 0.29) is 6.61 Å². The lowest BCUT2D eigenvalue weighted by atomic mass is 10.5. The second kappa shape index (κ2) is 1.81. The monoisotopic (exact) mass is 101 g/mol. The summed E-state index contributed by atoms with van der Waals surface area (Å²) in [5, 5.41) is 8.36. The fourth-order valence-electron chi connectivity index (χ4n) is 0.361. The standard InChI is InChI=1S/C3H7N3O/c7-2-3-1-4-6-5-3/h1,4-7H,2H2. The van der Waals surface area contributed by atoms with Crippen LogP contribution in [0.2, 0.25) is 0 Å². The molecule has 0 amide bonds. The molecule has 4 heteroatoms. The lowest BCUT2D eigenvalue weighted by Gasteiger charge is -1.94. The summed E-state index contributed by atoms with van der Waals surface area (Å²) in [4.78, 5) is 0. The van der Waals surface area contributed by atoms with E-state index in [2.05, 4.69) is 16.4 Å². The molecule has 40 valence electrons. The van der Waals surface area contributed by atoms with Crippen molar-refractivity contribution in [3.8, 4) is 0 Å². The Kier molecular flexibility index (Phi) is 1.14. The van der Waals surface area contributed by atoms with Gasteiger partial charge in [-0.3, -0.25) is 0 Å². The smallest absolute Gasteiger partial charge is 0.0857 e. The van der Waals surface area contributed by atoms with E-state index in [4.69, 9.17) is 5.11 Å². The molecule has 0 aromatic rings. The van der Waals surface area contributed by atoms with Crippen molar-refractivity contribution in [1.29, 1.82) is 0 Å². The van der Waals surface area contributed by atoms with Gasteiger partial charge in [0, 0.05) is 6.20 Å². The van der Waals surface area contributed by atoms with Gasteiger partial charge in [0.15, 0.2) is 0 Å². The molecule has 0 aliphatic carbocycles. The molecular weight excluding hydrogens is 94.1 g/mol. The van der Waals surface area contributed by atoms with Crippen molar-refractivity contribution in [1.82, 2.24) is 16.4 Å². The third kappa shape index (κ3) is 0.819. The number of aliphatic hydroxyl groups excluding tert-OH is 1. The van der Waals surface area contributed by atoms with Crippen LogP contribution in [0, 0.1) is 0 Å². The minimum Gasteiger partial charge on any atom is -0.390 e. The molecule has 0 bridgehead atoms. The first kappa shape index (κ1) is 4.42. The minimum absolute atomic E-state index is 0.0417. The van der Waals surface area contributed by atoms with Gasteiger partial charge in [0.25, 0.3) is 0 Å². The molecule has 0 unspecified atom stereocenters. The van der Waals surface area contributed by atoms with Crippen LogP contribution in [0.4, 0.5) is 0 Å². The zero-order valence-corrected chi connectivity index (χ0v) is 3.73. The number of hydrogen-bond donors (Lipinski definition) is 4. The molecule has 1 rings (SSSR count). The van der Waals surface area contributed by atoms with E-state index < -0.39 is 0 Å². The molecule has 0 fully saturated rings. The number of rotatable bonds is 1. The molecule has 0 spiro atoms. The van der Waals surface area contributed by atoms with Crippen LogP contribution in [0.25, 0.3) is 0 Å². The SMILES string of the molecule is OCC1=CNNN1. The van der Waals surface area contributed by atoms with Crippen LogP contribution in [0.1, 0.15) is 0 Å². The van der Waals surface area contributed by atoms with Crippen LogP contribution in [0.5, 0.6) is 0 Å². The van der Waals surface area contributed by atoms with Crippen LogP contribution in [-0.4, -0.2) is 11.7 Å². The third-order valence-electron chi connectivity index (χ3n) is 0.712. The minimum atomic E-state index is 0.0417. The highest BCUT2D eigenvalue weighted by Gasteiger charge is 1.95. The van der Waals surface area contributed by atoms with Crippen molar-refractivity contribution < 1.29 is 5.11 Å². The molecule has 7 heavy (non-hydrogen) atoms. The van der Waals surface area contributed by atoms with Crippen molar-refractivity contribution in [2.75, 3.05) is 6.61 Å². The van der Waals surface area contributed by atoms with Crippen LogP contribution in [0.15, 0.2) is 11.9 Å². The Labute approximate surface area is 41.2 Å². The molecule has 1 heterocycles. The summed E-state index contributed by atoms with van der Waals surface area (Å²) in [5.74, 6) is 0. The van der Waals surface area contributed by atoms with Gasteiger partial charge in [-0.2, -0.15) is 5.53 Å². The fraction of sp³-hybridized carbons (Fsp3) is 0.333. The molecule has 0 aromatic heterocycles. The quantitative estimate of drug-likeness (QED) is 0.322.